The molecule has 0 spiro atoms. The third kappa shape index (κ3) is 2.99. The highest BCUT2D eigenvalue weighted by Gasteiger charge is 2.16. The smallest absolute Gasteiger partial charge is 0.130 e. The van der Waals surface area contributed by atoms with Crippen LogP contribution < -0.4 is 5.73 Å². The van der Waals surface area contributed by atoms with Gasteiger partial charge in [-0.15, -0.1) is 0 Å². The third-order valence-corrected chi connectivity index (χ3v) is 3.84. The van der Waals surface area contributed by atoms with Gasteiger partial charge in [-0.3, -0.25) is 4.68 Å². The molecule has 0 saturated heterocycles. The third-order valence-electron chi connectivity index (χ3n) is 3.37. The van der Waals surface area contributed by atoms with Crippen LogP contribution >= 0.6 is 11.6 Å². The first-order valence-corrected chi connectivity index (χ1v) is 6.78. The predicted octanol–water partition coefficient (Wildman–Crippen LogP) is 3.24. The molecule has 0 aliphatic rings. The van der Waals surface area contributed by atoms with Crippen molar-refractivity contribution in [2.45, 2.75) is 33.2 Å². The maximum Gasteiger partial charge on any atom is 0.130 e. The van der Waals surface area contributed by atoms with Gasteiger partial charge in [-0.25, -0.2) is 0 Å². The van der Waals surface area contributed by atoms with Crippen LogP contribution in [0.3, 0.4) is 0 Å². The second kappa shape index (κ2) is 5.35. The first-order chi connectivity index (χ1) is 8.88. The normalized spacial score (nSPS) is 12.7. The van der Waals surface area contributed by atoms with Crippen molar-refractivity contribution >= 4 is 11.6 Å². The van der Waals surface area contributed by atoms with E-state index in [4.69, 9.17) is 17.3 Å². The summed E-state index contributed by atoms with van der Waals surface area (Å²) in [6.45, 7) is 6.15. The van der Waals surface area contributed by atoms with Crippen molar-refractivity contribution in [3.8, 4) is 0 Å². The largest absolute Gasteiger partial charge is 0.324 e. The van der Waals surface area contributed by atoms with Crippen molar-refractivity contribution in [2.24, 2.45) is 12.8 Å². The fourth-order valence-corrected chi connectivity index (χ4v) is 2.72. The molecular weight excluding hydrogens is 258 g/mol. The molecule has 3 nitrogen and oxygen atoms in total. The van der Waals surface area contributed by atoms with E-state index in [-0.39, 0.29) is 6.04 Å². The van der Waals surface area contributed by atoms with Gasteiger partial charge in [0.15, 0.2) is 0 Å². The van der Waals surface area contributed by atoms with Crippen molar-refractivity contribution in [3.05, 3.63) is 51.3 Å². The van der Waals surface area contributed by atoms with Crippen LogP contribution in [0.1, 0.15) is 34.0 Å². The second-order valence-corrected chi connectivity index (χ2v) is 5.57. The summed E-state index contributed by atoms with van der Waals surface area (Å²) >= 11 is 6.25. The van der Waals surface area contributed by atoms with Crippen LogP contribution in [0.4, 0.5) is 0 Å². The summed E-state index contributed by atoms with van der Waals surface area (Å²) in [6.07, 6.45) is 0.710. The molecule has 1 heterocycles. The van der Waals surface area contributed by atoms with Crippen molar-refractivity contribution in [3.63, 3.8) is 0 Å². The van der Waals surface area contributed by atoms with E-state index in [1.54, 1.807) is 4.68 Å². The Morgan fingerprint density at radius 1 is 1.21 bits per heavy atom. The SMILES string of the molecule is Cc1cc(C)cc(C(N)Cc2c(C)nn(C)c2Cl)c1. The van der Waals surface area contributed by atoms with E-state index in [1.807, 2.05) is 14.0 Å². The van der Waals surface area contributed by atoms with Crippen LogP contribution in [0.15, 0.2) is 18.2 Å². The number of aryl methyl sites for hydroxylation is 4. The zero-order valence-electron chi connectivity index (χ0n) is 11.9. The minimum Gasteiger partial charge on any atom is -0.324 e. The molecule has 0 aliphatic carbocycles. The lowest BCUT2D eigenvalue weighted by Crippen LogP contribution is -2.14. The molecule has 0 aliphatic heterocycles. The lowest BCUT2D eigenvalue weighted by molar-refractivity contribution is 0.716. The molecule has 0 saturated carbocycles. The van der Waals surface area contributed by atoms with Crippen molar-refractivity contribution < 1.29 is 0 Å². The molecule has 0 bridgehead atoms. The number of rotatable bonds is 3. The fourth-order valence-electron chi connectivity index (χ4n) is 2.47. The van der Waals surface area contributed by atoms with Crippen LogP contribution in [0.25, 0.3) is 0 Å². The van der Waals surface area contributed by atoms with E-state index in [0.29, 0.717) is 11.6 Å². The topological polar surface area (TPSA) is 43.8 Å². The van der Waals surface area contributed by atoms with Gasteiger partial charge in [0, 0.05) is 18.7 Å². The lowest BCUT2D eigenvalue weighted by atomic mass is 9.97. The zero-order valence-corrected chi connectivity index (χ0v) is 12.6. The molecule has 0 amide bonds. The fraction of sp³-hybridized carbons (Fsp3) is 0.400. The summed E-state index contributed by atoms with van der Waals surface area (Å²) in [5.41, 5.74) is 11.9. The van der Waals surface area contributed by atoms with Crippen LogP contribution in [0.5, 0.6) is 0 Å². The van der Waals surface area contributed by atoms with Crippen molar-refractivity contribution in [1.29, 1.82) is 0 Å². The number of benzene rings is 1. The second-order valence-electron chi connectivity index (χ2n) is 5.21. The first kappa shape index (κ1) is 14.1. The van der Waals surface area contributed by atoms with Gasteiger partial charge >= 0.3 is 0 Å². The van der Waals surface area contributed by atoms with Gasteiger partial charge in [-0.2, -0.15) is 5.10 Å². The van der Waals surface area contributed by atoms with Gasteiger partial charge in [0.1, 0.15) is 5.15 Å². The Hall–Kier alpha value is -1.32. The van der Waals surface area contributed by atoms with E-state index in [9.17, 15) is 0 Å². The molecule has 102 valence electrons. The maximum absolute atomic E-state index is 6.32. The highest BCUT2D eigenvalue weighted by molar-refractivity contribution is 6.30. The minimum absolute atomic E-state index is 0.0565. The molecule has 19 heavy (non-hydrogen) atoms. The number of hydrogen-bond acceptors (Lipinski definition) is 2. The summed E-state index contributed by atoms with van der Waals surface area (Å²) < 4.78 is 1.69. The van der Waals surface area contributed by atoms with E-state index < -0.39 is 0 Å². The van der Waals surface area contributed by atoms with Gasteiger partial charge in [-0.05, 0) is 32.8 Å². The summed E-state index contributed by atoms with van der Waals surface area (Å²) in [4.78, 5) is 0. The highest BCUT2D eigenvalue weighted by atomic mass is 35.5. The Labute approximate surface area is 119 Å². The minimum atomic E-state index is -0.0565. The van der Waals surface area contributed by atoms with Crippen molar-refractivity contribution in [1.82, 2.24) is 9.78 Å². The molecule has 2 N–H and O–H groups in total. The van der Waals surface area contributed by atoms with Crippen molar-refractivity contribution in [2.75, 3.05) is 0 Å². The Morgan fingerprint density at radius 2 is 1.79 bits per heavy atom. The summed E-state index contributed by atoms with van der Waals surface area (Å²) in [6, 6.07) is 6.37. The van der Waals surface area contributed by atoms with Crippen LogP contribution in [0, 0.1) is 20.8 Å². The van der Waals surface area contributed by atoms with E-state index >= 15 is 0 Å². The Bertz CT molecular complexity index is 581. The van der Waals surface area contributed by atoms with Gasteiger partial charge in [0.05, 0.1) is 5.69 Å². The maximum atomic E-state index is 6.32. The summed E-state index contributed by atoms with van der Waals surface area (Å²) in [7, 11) is 1.85. The molecule has 1 unspecified atom stereocenters. The standard InChI is InChI=1S/C15H20ClN3/c1-9-5-10(2)7-12(6-9)14(17)8-13-11(3)18-19(4)15(13)16/h5-7,14H,8,17H2,1-4H3. The number of nitrogens with zero attached hydrogens (tertiary/aromatic N) is 2. The monoisotopic (exact) mass is 277 g/mol. The Kier molecular flexibility index (Phi) is 3.97. The number of aromatic nitrogens is 2. The summed E-state index contributed by atoms with van der Waals surface area (Å²) in [5.74, 6) is 0. The van der Waals surface area contributed by atoms with Gasteiger partial charge < -0.3 is 5.73 Å². The molecule has 1 atom stereocenters. The Morgan fingerprint density at radius 3 is 2.26 bits per heavy atom. The molecule has 2 rings (SSSR count). The average molecular weight is 278 g/mol. The number of hydrogen-bond donors (Lipinski definition) is 1. The van der Waals surface area contributed by atoms with Crippen LogP contribution in [0.2, 0.25) is 5.15 Å². The zero-order chi connectivity index (χ0) is 14.2. The van der Waals surface area contributed by atoms with Crippen LogP contribution in [-0.2, 0) is 13.5 Å². The molecule has 4 heteroatoms. The quantitative estimate of drug-likeness (QED) is 0.936. The van der Waals surface area contributed by atoms with Gasteiger partial charge in [0.2, 0.25) is 0 Å². The van der Waals surface area contributed by atoms with E-state index in [1.165, 1.54) is 11.1 Å². The first-order valence-electron chi connectivity index (χ1n) is 6.40. The van der Waals surface area contributed by atoms with Gasteiger partial charge in [0.25, 0.3) is 0 Å². The highest BCUT2D eigenvalue weighted by Crippen LogP contribution is 2.25. The number of halogens is 1. The van der Waals surface area contributed by atoms with Gasteiger partial charge in [-0.1, -0.05) is 40.9 Å². The average Bonchev–Trinajstić information content (AvgIpc) is 2.54. The Balaban J connectivity index is 2.27. The van der Waals surface area contributed by atoms with E-state index in [0.717, 1.165) is 16.8 Å². The molecule has 0 radical (unpaired) electrons. The molecular formula is C15H20ClN3. The van der Waals surface area contributed by atoms with E-state index in [2.05, 4.69) is 37.1 Å². The molecule has 1 aromatic carbocycles. The molecule has 0 fully saturated rings. The number of nitrogens with two attached hydrogens (primary N) is 1. The molecule has 2 aromatic rings. The lowest BCUT2D eigenvalue weighted by Gasteiger charge is -2.14. The summed E-state index contributed by atoms with van der Waals surface area (Å²) in [5, 5.41) is 5.00. The van der Waals surface area contributed by atoms with Crippen LogP contribution in [-0.4, -0.2) is 9.78 Å². The predicted molar refractivity (Wildman–Crippen MR) is 79.5 cm³/mol. The molecule has 1 aromatic heterocycles.